The summed E-state index contributed by atoms with van der Waals surface area (Å²) >= 11 is 0. The van der Waals surface area contributed by atoms with E-state index >= 15 is 0 Å². The molecule has 0 aromatic heterocycles. The Morgan fingerprint density at radius 3 is 2.21 bits per heavy atom. The molecule has 0 radical (unpaired) electrons. The highest BCUT2D eigenvalue weighted by Crippen LogP contribution is 2.27. The number of nitrogens with zero attached hydrogens (tertiary/aromatic N) is 2. The first-order valence-corrected chi connectivity index (χ1v) is 8.72. The maximum Gasteiger partial charge on any atom is 0.0113 e. The first-order valence-electron chi connectivity index (χ1n) is 8.72. The Morgan fingerprint density at radius 2 is 1.58 bits per heavy atom. The first-order chi connectivity index (χ1) is 9.25. The highest BCUT2D eigenvalue weighted by Gasteiger charge is 2.18. The molecule has 1 saturated carbocycles. The van der Waals surface area contributed by atoms with E-state index in [0.29, 0.717) is 0 Å². The average molecular weight is 266 g/mol. The molecule has 1 heterocycles. The minimum absolute atomic E-state index is 0.730. The molecule has 0 bridgehead atoms. The lowest BCUT2D eigenvalue weighted by molar-refractivity contribution is 0.107. The maximum atomic E-state index is 2.68. The monoisotopic (exact) mass is 266 g/mol. The van der Waals surface area contributed by atoms with E-state index in [4.69, 9.17) is 0 Å². The molecule has 1 aliphatic carbocycles. The normalized spacial score (nSPS) is 24.2. The van der Waals surface area contributed by atoms with E-state index in [1.165, 1.54) is 84.1 Å². The predicted molar refractivity (Wildman–Crippen MR) is 83.6 cm³/mol. The minimum Gasteiger partial charge on any atom is -0.301 e. The van der Waals surface area contributed by atoms with Gasteiger partial charge in [-0.3, -0.25) is 4.90 Å². The van der Waals surface area contributed by atoms with E-state index in [1.54, 1.807) is 0 Å². The van der Waals surface area contributed by atoms with E-state index < -0.39 is 0 Å². The zero-order valence-corrected chi connectivity index (χ0v) is 13.2. The molecule has 2 fully saturated rings. The molecule has 0 unspecified atom stereocenters. The van der Waals surface area contributed by atoms with Gasteiger partial charge in [-0.1, -0.05) is 44.9 Å². The van der Waals surface area contributed by atoms with E-state index in [9.17, 15) is 0 Å². The molecule has 2 aliphatic rings. The van der Waals surface area contributed by atoms with Crippen molar-refractivity contribution in [2.24, 2.45) is 5.92 Å². The number of hydrogen-bond acceptors (Lipinski definition) is 2. The van der Waals surface area contributed by atoms with Crippen molar-refractivity contribution in [3.05, 3.63) is 0 Å². The van der Waals surface area contributed by atoms with Crippen molar-refractivity contribution in [2.75, 3.05) is 32.7 Å². The van der Waals surface area contributed by atoms with E-state index in [2.05, 4.69) is 23.6 Å². The molecular weight excluding hydrogens is 232 g/mol. The van der Waals surface area contributed by atoms with Crippen LogP contribution in [0, 0.1) is 5.92 Å². The molecule has 2 rings (SSSR count). The minimum atomic E-state index is 0.730. The summed E-state index contributed by atoms with van der Waals surface area (Å²) in [5, 5.41) is 0. The van der Waals surface area contributed by atoms with Gasteiger partial charge in [0.1, 0.15) is 0 Å². The second-order valence-electron chi connectivity index (χ2n) is 6.97. The van der Waals surface area contributed by atoms with Crippen molar-refractivity contribution in [2.45, 2.75) is 71.3 Å². The van der Waals surface area contributed by atoms with Gasteiger partial charge in [-0.05, 0) is 32.7 Å². The summed E-state index contributed by atoms with van der Waals surface area (Å²) in [7, 11) is 0. The molecule has 0 N–H and O–H groups in total. The average Bonchev–Trinajstić information content (AvgIpc) is 2.45. The maximum absolute atomic E-state index is 2.68. The van der Waals surface area contributed by atoms with Crippen LogP contribution in [-0.4, -0.2) is 48.6 Å². The zero-order valence-electron chi connectivity index (χ0n) is 13.2. The summed E-state index contributed by atoms with van der Waals surface area (Å²) in [4.78, 5) is 5.29. The van der Waals surface area contributed by atoms with Crippen molar-refractivity contribution < 1.29 is 0 Å². The Labute approximate surface area is 120 Å². The molecule has 1 saturated heterocycles. The number of unbranched alkanes of at least 4 members (excludes halogenated alkanes) is 1. The van der Waals surface area contributed by atoms with Gasteiger partial charge in [0, 0.05) is 32.2 Å². The lowest BCUT2D eigenvalue weighted by Gasteiger charge is -2.37. The van der Waals surface area contributed by atoms with Gasteiger partial charge in [-0.2, -0.15) is 0 Å². The van der Waals surface area contributed by atoms with Crippen molar-refractivity contribution in [1.82, 2.24) is 9.80 Å². The molecule has 2 heteroatoms. The van der Waals surface area contributed by atoms with E-state index in [1.807, 2.05) is 0 Å². The van der Waals surface area contributed by atoms with Gasteiger partial charge in [0.2, 0.25) is 0 Å². The first kappa shape index (κ1) is 15.3. The molecular formula is C17H34N2. The van der Waals surface area contributed by atoms with E-state index in [-0.39, 0.29) is 0 Å². The fourth-order valence-corrected chi connectivity index (χ4v) is 3.75. The Hall–Kier alpha value is -0.0800. The summed E-state index contributed by atoms with van der Waals surface area (Å²) in [6.45, 7) is 11.1. The molecule has 19 heavy (non-hydrogen) atoms. The highest BCUT2D eigenvalue weighted by molar-refractivity contribution is 4.74. The van der Waals surface area contributed by atoms with Crippen LogP contribution in [0.1, 0.15) is 65.2 Å². The smallest absolute Gasteiger partial charge is 0.0113 e. The lowest BCUT2D eigenvalue weighted by Crippen LogP contribution is -2.48. The van der Waals surface area contributed by atoms with Crippen molar-refractivity contribution in [3.63, 3.8) is 0 Å². The fraction of sp³-hybridized carbons (Fsp3) is 1.00. The summed E-state index contributed by atoms with van der Waals surface area (Å²) < 4.78 is 0. The van der Waals surface area contributed by atoms with Gasteiger partial charge in [-0.15, -0.1) is 0 Å². The van der Waals surface area contributed by atoms with Gasteiger partial charge >= 0.3 is 0 Å². The number of piperazine rings is 1. The SMILES string of the molecule is CC(C)N1CCN(CCCCC2CCCCC2)CC1. The van der Waals surface area contributed by atoms with Crippen molar-refractivity contribution in [3.8, 4) is 0 Å². The highest BCUT2D eigenvalue weighted by atomic mass is 15.3. The third kappa shape index (κ3) is 5.43. The Balaban J connectivity index is 1.49. The Bertz CT molecular complexity index is 225. The summed E-state index contributed by atoms with van der Waals surface area (Å²) in [6.07, 6.45) is 11.9. The zero-order chi connectivity index (χ0) is 13.5. The summed E-state index contributed by atoms with van der Waals surface area (Å²) in [5.74, 6) is 1.08. The van der Waals surface area contributed by atoms with Crippen LogP contribution in [0.4, 0.5) is 0 Å². The molecule has 2 nitrogen and oxygen atoms in total. The Morgan fingerprint density at radius 1 is 0.895 bits per heavy atom. The summed E-state index contributed by atoms with van der Waals surface area (Å²) in [5.41, 5.74) is 0. The van der Waals surface area contributed by atoms with Crippen LogP contribution < -0.4 is 0 Å². The number of hydrogen-bond donors (Lipinski definition) is 0. The quantitative estimate of drug-likeness (QED) is 0.675. The topological polar surface area (TPSA) is 6.48 Å². The molecule has 0 spiro atoms. The van der Waals surface area contributed by atoms with Crippen molar-refractivity contribution >= 4 is 0 Å². The van der Waals surface area contributed by atoms with Crippen LogP contribution in [0.25, 0.3) is 0 Å². The van der Waals surface area contributed by atoms with Gasteiger partial charge in [0.25, 0.3) is 0 Å². The van der Waals surface area contributed by atoms with E-state index in [0.717, 1.165) is 12.0 Å². The molecule has 112 valence electrons. The van der Waals surface area contributed by atoms with Crippen molar-refractivity contribution in [1.29, 1.82) is 0 Å². The third-order valence-electron chi connectivity index (χ3n) is 5.20. The molecule has 1 aliphatic heterocycles. The standard InChI is InChI=1S/C17H34N2/c1-16(2)19-14-12-18(13-15-19)11-7-6-10-17-8-4-3-5-9-17/h16-17H,3-15H2,1-2H3. The van der Waals surface area contributed by atoms with Crippen LogP contribution in [-0.2, 0) is 0 Å². The van der Waals surface area contributed by atoms with Gasteiger partial charge in [0.15, 0.2) is 0 Å². The van der Waals surface area contributed by atoms with Crippen LogP contribution in [0.3, 0.4) is 0 Å². The Kier molecular flexibility index (Phi) is 6.66. The molecule has 0 aromatic rings. The van der Waals surface area contributed by atoms with Crippen LogP contribution in [0.15, 0.2) is 0 Å². The van der Waals surface area contributed by atoms with Crippen LogP contribution in [0.2, 0.25) is 0 Å². The molecule has 0 aromatic carbocycles. The predicted octanol–water partition coefficient (Wildman–Crippen LogP) is 3.76. The third-order valence-corrected chi connectivity index (χ3v) is 5.20. The number of rotatable bonds is 6. The second kappa shape index (κ2) is 8.26. The van der Waals surface area contributed by atoms with Gasteiger partial charge in [0.05, 0.1) is 0 Å². The van der Waals surface area contributed by atoms with Crippen LogP contribution in [0.5, 0.6) is 0 Å². The molecule has 0 amide bonds. The summed E-state index contributed by atoms with van der Waals surface area (Å²) in [6, 6.07) is 0.730. The van der Waals surface area contributed by atoms with Gasteiger partial charge < -0.3 is 4.90 Å². The van der Waals surface area contributed by atoms with Gasteiger partial charge in [-0.25, -0.2) is 0 Å². The molecule has 0 atom stereocenters. The largest absolute Gasteiger partial charge is 0.301 e. The van der Waals surface area contributed by atoms with Crippen LogP contribution >= 0.6 is 0 Å². The lowest BCUT2D eigenvalue weighted by atomic mass is 9.86. The fourth-order valence-electron chi connectivity index (χ4n) is 3.75. The second-order valence-corrected chi connectivity index (χ2v) is 6.97.